The summed E-state index contributed by atoms with van der Waals surface area (Å²) in [7, 11) is 0. The van der Waals surface area contributed by atoms with E-state index in [4.69, 9.17) is 0 Å². The topological polar surface area (TPSA) is 35.6 Å². The number of rotatable bonds is 5. The third-order valence-electron chi connectivity index (χ3n) is 4.97. The van der Waals surface area contributed by atoms with Crippen LogP contribution in [0, 0.1) is 17.8 Å². The Balaban J connectivity index is 1.71. The highest BCUT2D eigenvalue weighted by Gasteiger charge is 2.27. The number of hydrogen-bond acceptors (Lipinski definition) is 3. The van der Waals surface area contributed by atoms with Gasteiger partial charge in [-0.2, -0.15) is 0 Å². The average Bonchev–Trinajstić information content (AvgIpc) is 2.45. The first-order chi connectivity index (χ1) is 10.1. The van der Waals surface area contributed by atoms with Crippen LogP contribution in [-0.4, -0.2) is 61.5 Å². The summed E-state index contributed by atoms with van der Waals surface area (Å²) in [6.45, 7) is 13.6. The maximum atomic E-state index is 12.5. The van der Waals surface area contributed by atoms with E-state index < -0.39 is 0 Å². The zero-order valence-corrected chi connectivity index (χ0v) is 14.1. The third-order valence-corrected chi connectivity index (χ3v) is 4.97. The first-order valence-electron chi connectivity index (χ1n) is 8.79. The van der Waals surface area contributed by atoms with Crippen molar-refractivity contribution in [3.63, 3.8) is 0 Å². The predicted molar refractivity (Wildman–Crippen MR) is 87.2 cm³/mol. The highest BCUT2D eigenvalue weighted by Crippen LogP contribution is 2.22. The fraction of sp³-hybridized carbons (Fsp3) is 0.941. The van der Waals surface area contributed by atoms with E-state index in [1.54, 1.807) is 0 Å². The zero-order chi connectivity index (χ0) is 15.2. The van der Waals surface area contributed by atoms with E-state index in [0.717, 1.165) is 45.2 Å². The Morgan fingerprint density at radius 1 is 1.14 bits per heavy atom. The van der Waals surface area contributed by atoms with Gasteiger partial charge in [-0.3, -0.25) is 9.69 Å². The highest BCUT2D eigenvalue weighted by molar-refractivity contribution is 5.78. The van der Waals surface area contributed by atoms with Crippen LogP contribution in [-0.2, 0) is 4.79 Å². The van der Waals surface area contributed by atoms with Crippen molar-refractivity contribution in [1.82, 2.24) is 15.1 Å². The fourth-order valence-corrected chi connectivity index (χ4v) is 3.85. The molecular formula is C17H33N3O. The zero-order valence-electron chi connectivity index (χ0n) is 14.1. The van der Waals surface area contributed by atoms with Gasteiger partial charge in [-0.15, -0.1) is 0 Å². The molecule has 4 heteroatoms. The highest BCUT2D eigenvalue weighted by atomic mass is 16.2. The molecule has 0 aromatic heterocycles. The van der Waals surface area contributed by atoms with Crippen LogP contribution in [0.2, 0.25) is 0 Å². The van der Waals surface area contributed by atoms with Gasteiger partial charge in [0.1, 0.15) is 0 Å². The van der Waals surface area contributed by atoms with Crippen LogP contribution in [0.4, 0.5) is 0 Å². The van der Waals surface area contributed by atoms with E-state index in [1.165, 1.54) is 19.3 Å². The van der Waals surface area contributed by atoms with Gasteiger partial charge < -0.3 is 10.2 Å². The quantitative estimate of drug-likeness (QED) is 0.840. The Hall–Kier alpha value is -0.610. The molecule has 2 fully saturated rings. The van der Waals surface area contributed by atoms with Crippen LogP contribution in [0.5, 0.6) is 0 Å². The Morgan fingerprint density at radius 3 is 2.33 bits per heavy atom. The van der Waals surface area contributed by atoms with Crippen molar-refractivity contribution in [2.75, 3.05) is 45.8 Å². The number of carbonyl (C=O) groups is 1. The molecule has 0 aliphatic carbocycles. The monoisotopic (exact) mass is 295 g/mol. The van der Waals surface area contributed by atoms with Crippen LogP contribution < -0.4 is 5.32 Å². The second kappa shape index (κ2) is 8.14. The smallest absolute Gasteiger partial charge is 0.236 e. The van der Waals surface area contributed by atoms with Crippen LogP contribution in [0.25, 0.3) is 0 Å². The van der Waals surface area contributed by atoms with Gasteiger partial charge in [0.15, 0.2) is 0 Å². The third kappa shape index (κ3) is 5.26. The molecule has 2 aliphatic rings. The van der Waals surface area contributed by atoms with Crippen molar-refractivity contribution in [2.24, 2.45) is 17.8 Å². The number of likely N-dealkylation sites (tertiary alicyclic amines) is 2. The molecule has 21 heavy (non-hydrogen) atoms. The molecule has 0 bridgehead atoms. The summed E-state index contributed by atoms with van der Waals surface area (Å²) in [5.74, 6) is 2.46. The van der Waals surface area contributed by atoms with E-state index in [9.17, 15) is 4.79 Å². The van der Waals surface area contributed by atoms with E-state index in [-0.39, 0.29) is 0 Å². The molecule has 0 radical (unpaired) electrons. The number of nitrogens with zero attached hydrogens (tertiary/aromatic N) is 2. The molecule has 2 aliphatic heterocycles. The predicted octanol–water partition coefficient (Wildman–Crippen LogP) is 1.81. The van der Waals surface area contributed by atoms with Crippen LogP contribution in [0.15, 0.2) is 0 Å². The van der Waals surface area contributed by atoms with Crippen LogP contribution in [0.3, 0.4) is 0 Å². The molecule has 2 saturated heterocycles. The van der Waals surface area contributed by atoms with Crippen molar-refractivity contribution in [1.29, 1.82) is 0 Å². The van der Waals surface area contributed by atoms with Crippen molar-refractivity contribution >= 4 is 5.91 Å². The lowest BCUT2D eigenvalue weighted by atomic mass is 9.92. The van der Waals surface area contributed by atoms with Crippen LogP contribution >= 0.6 is 0 Å². The Labute approximate surface area is 130 Å². The minimum atomic E-state index is 0.346. The van der Waals surface area contributed by atoms with Gasteiger partial charge in [0, 0.05) is 13.1 Å². The molecule has 2 unspecified atom stereocenters. The standard InChI is InChI=1S/C17H33N3O/c1-4-18-10-16-5-7-19(8-6-16)13-17(21)20-11-14(2)9-15(3)12-20/h14-16,18H,4-13H2,1-3H3. The molecule has 0 spiro atoms. The molecule has 0 saturated carbocycles. The lowest BCUT2D eigenvalue weighted by molar-refractivity contribution is -0.135. The fourth-order valence-electron chi connectivity index (χ4n) is 3.85. The summed E-state index contributed by atoms with van der Waals surface area (Å²) in [6.07, 6.45) is 3.72. The van der Waals surface area contributed by atoms with E-state index in [1.807, 2.05) is 0 Å². The molecule has 1 amide bonds. The minimum absolute atomic E-state index is 0.346. The number of carbonyl (C=O) groups excluding carboxylic acids is 1. The van der Waals surface area contributed by atoms with E-state index in [2.05, 4.69) is 35.9 Å². The molecule has 0 aromatic carbocycles. The van der Waals surface area contributed by atoms with Gasteiger partial charge in [0.2, 0.25) is 5.91 Å². The lowest BCUT2D eigenvalue weighted by Gasteiger charge is -2.37. The summed E-state index contributed by atoms with van der Waals surface area (Å²) >= 11 is 0. The maximum Gasteiger partial charge on any atom is 0.236 e. The maximum absolute atomic E-state index is 12.5. The molecular weight excluding hydrogens is 262 g/mol. The van der Waals surface area contributed by atoms with Crippen molar-refractivity contribution < 1.29 is 4.79 Å². The average molecular weight is 295 g/mol. The first kappa shape index (κ1) is 16.8. The van der Waals surface area contributed by atoms with Crippen molar-refractivity contribution in [2.45, 2.75) is 40.0 Å². The van der Waals surface area contributed by atoms with E-state index in [0.29, 0.717) is 24.3 Å². The van der Waals surface area contributed by atoms with Gasteiger partial charge in [0.25, 0.3) is 0 Å². The van der Waals surface area contributed by atoms with Crippen molar-refractivity contribution in [3.05, 3.63) is 0 Å². The minimum Gasteiger partial charge on any atom is -0.341 e. The molecule has 4 nitrogen and oxygen atoms in total. The van der Waals surface area contributed by atoms with E-state index >= 15 is 0 Å². The Kier molecular flexibility index (Phi) is 6.49. The molecule has 2 heterocycles. The second-order valence-corrected chi connectivity index (χ2v) is 7.27. The van der Waals surface area contributed by atoms with Gasteiger partial charge in [-0.1, -0.05) is 20.8 Å². The molecule has 2 rings (SSSR count). The molecule has 0 aromatic rings. The summed E-state index contributed by atoms with van der Waals surface area (Å²) in [5.41, 5.74) is 0. The second-order valence-electron chi connectivity index (χ2n) is 7.27. The summed E-state index contributed by atoms with van der Waals surface area (Å²) in [5, 5.41) is 3.44. The summed E-state index contributed by atoms with van der Waals surface area (Å²) in [4.78, 5) is 16.9. The van der Waals surface area contributed by atoms with Crippen molar-refractivity contribution in [3.8, 4) is 0 Å². The first-order valence-corrected chi connectivity index (χ1v) is 8.79. The summed E-state index contributed by atoms with van der Waals surface area (Å²) in [6, 6.07) is 0. The van der Waals surface area contributed by atoms with Gasteiger partial charge in [0.05, 0.1) is 6.54 Å². The number of hydrogen-bond donors (Lipinski definition) is 1. The summed E-state index contributed by atoms with van der Waals surface area (Å²) < 4.78 is 0. The number of amides is 1. The Morgan fingerprint density at radius 2 is 1.76 bits per heavy atom. The molecule has 2 atom stereocenters. The normalized spacial score (nSPS) is 28.8. The van der Waals surface area contributed by atoms with Gasteiger partial charge in [-0.25, -0.2) is 0 Å². The Bertz CT molecular complexity index is 316. The van der Waals surface area contributed by atoms with Gasteiger partial charge in [-0.05, 0) is 63.2 Å². The molecule has 1 N–H and O–H groups in total. The van der Waals surface area contributed by atoms with Gasteiger partial charge >= 0.3 is 0 Å². The molecule has 122 valence electrons. The SMILES string of the molecule is CCNCC1CCN(CC(=O)N2CC(C)CC(C)C2)CC1. The number of nitrogens with one attached hydrogen (secondary N) is 1. The largest absolute Gasteiger partial charge is 0.341 e. The van der Waals surface area contributed by atoms with Crippen LogP contribution in [0.1, 0.15) is 40.0 Å². The lowest BCUT2D eigenvalue weighted by Crippen LogP contribution is -2.48. The number of piperidine rings is 2.